The maximum absolute atomic E-state index is 3.25. The average molecular weight is 321 g/mol. The van der Waals surface area contributed by atoms with E-state index in [9.17, 15) is 0 Å². The molecule has 0 aromatic carbocycles. The molecular formula is C10H23Y2-2. The van der Waals surface area contributed by atoms with Crippen LogP contribution in [0.15, 0.2) is 0 Å². The summed E-state index contributed by atoms with van der Waals surface area (Å²) >= 11 is 0. The molecule has 0 bridgehead atoms. The average Bonchev–Trinajstić information content (AvgIpc) is 1.91. The van der Waals surface area contributed by atoms with Crippen LogP contribution in [0.4, 0.5) is 0 Å². The number of rotatable bonds is 2. The van der Waals surface area contributed by atoms with Crippen molar-refractivity contribution in [1.82, 2.24) is 0 Å². The first-order valence-electron chi connectivity index (χ1n) is 3.11. The Hall–Kier alpha value is 2.21. The fraction of sp³-hybridized carbons (Fsp3) is 0.500. The Morgan fingerprint density at radius 2 is 1.17 bits per heavy atom. The third-order valence-corrected chi connectivity index (χ3v) is 1.05. The van der Waals surface area contributed by atoms with E-state index in [4.69, 9.17) is 0 Å². The summed E-state index contributed by atoms with van der Waals surface area (Å²) in [6.45, 7) is 11.3. The van der Waals surface area contributed by atoms with Gasteiger partial charge in [0.05, 0.1) is 0 Å². The molecule has 12 heavy (non-hydrogen) atoms. The van der Waals surface area contributed by atoms with Crippen molar-refractivity contribution >= 4 is 0 Å². The van der Waals surface area contributed by atoms with Gasteiger partial charge in [-0.2, -0.15) is 20.8 Å². The largest absolute Gasteiger partial charge is 3.00 e. The first-order valence-corrected chi connectivity index (χ1v) is 3.11. The Kier molecular flexibility index (Phi) is 116. The molecule has 0 aromatic rings. The van der Waals surface area contributed by atoms with Crippen LogP contribution in [0.1, 0.15) is 27.7 Å². The molecule has 0 aliphatic carbocycles. The van der Waals surface area contributed by atoms with Crippen molar-refractivity contribution in [1.29, 1.82) is 0 Å². The van der Waals surface area contributed by atoms with Crippen molar-refractivity contribution in [2.45, 2.75) is 27.7 Å². The molecule has 0 atom stereocenters. The van der Waals surface area contributed by atoms with E-state index in [1.165, 1.54) is 0 Å². The van der Waals surface area contributed by atoms with Crippen molar-refractivity contribution in [2.24, 2.45) is 5.92 Å². The molecular weight excluding hydrogens is 298 g/mol. The minimum atomic E-state index is 0. The Morgan fingerprint density at radius 3 is 1.17 bits per heavy atom. The molecule has 0 rings (SSSR count). The molecule has 1 radical (unpaired) electrons. The molecule has 0 N–H and O–H groups in total. The van der Waals surface area contributed by atoms with E-state index >= 15 is 0 Å². The maximum atomic E-state index is 3.25. The number of hydrogen-bond donors (Lipinski definition) is 0. The third-order valence-electron chi connectivity index (χ3n) is 1.05. The molecule has 0 saturated carbocycles. The summed E-state index contributed by atoms with van der Waals surface area (Å²) in [6.07, 6.45) is 4.33. The summed E-state index contributed by atoms with van der Waals surface area (Å²) in [5.74, 6) is 0.685. The molecule has 71 valence electrons. The van der Waals surface area contributed by atoms with E-state index in [0.717, 1.165) is 0 Å². The monoisotopic (exact) mass is 321 g/mol. The van der Waals surface area contributed by atoms with E-state index in [2.05, 4.69) is 40.5 Å². The van der Waals surface area contributed by atoms with Gasteiger partial charge in [-0.15, -0.1) is 6.92 Å². The van der Waals surface area contributed by atoms with Gasteiger partial charge in [-0.25, -0.2) is 0 Å². The van der Waals surface area contributed by atoms with Gasteiger partial charge in [0.2, 0.25) is 0 Å². The van der Waals surface area contributed by atoms with Crippen LogP contribution in [-0.4, -0.2) is 0 Å². The molecule has 0 aliphatic rings. The summed E-state index contributed by atoms with van der Waals surface area (Å²) in [4.78, 5) is 0. The van der Waals surface area contributed by atoms with Crippen LogP contribution < -0.4 is 0 Å². The zero-order chi connectivity index (χ0) is 6.99. The van der Waals surface area contributed by atoms with Crippen LogP contribution in [0.2, 0.25) is 0 Å². The van der Waals surface area contributed by atoms with E-state index in [-0.39, 0.29) is 80.3 Å². The topological polar surface area (TPSA) is 0 Å². The van der Waals surface area contributed by atoms with Crippen molar-refractivity contribution in [3.05, 3.63) is 34.6 Å². The van der Waals surface area contributed by atoms with Gasteiger partial charge in [0.1, 0.15) is 0 Å². The molecule has 0 nitrogen and oxygen atoms in total. The smallest absolute Gasteiger partial charge is 0.358 e. The minimum absolute atomic E-state index is 0. The summed E-state index contributed by atoms with van der Waals surface area (Å²) in [5.41, 5.74) is 0. The second kappa shape index (κ2) is 37.9. The fourth-order valence-electron chi connectivity index (χ4n) is 0.192. The van der Waals surface area contributed by atoms with Crippen LogP contribution >= 0.6 is 0 Å². The molecule has 0 spiro atoms. The van der Waals surface area contributed by atoms with Crippen molar-refractivity contribution in [3.63, 3.8) is 0 Å². The van der Waals surface area contributed by atoms with Crippen molar-refractivity contribution in [3.8, 4) is 0 Å². The minimum Gasteiger partial charge on any atom is -0.358 e. The third kappa shape index (κ3) is 39.8. The van der Waals surface area contributed by atoms with Gasteiger partial charge in [0, 0.05) is 32.7 Å². The molecule has 0 heterocycles. The Labute approximate surface area is 132 Å². The van der Waals surface area contributed by atoms with Gasteiger partial charge in [0.15, 0.2) is 0 Å². The molecule has 2 heteroatoms. The van der Waals surface area contributed by atoms with Crippen LogP contribution in [0.3, 0.4) is 0 Å². The molecule has 0 saturated heterocycles. The zero-order valence-corrected chi connectivity index (χ0v) is 15.3. The van der Waals surface area contributed by atoms with E-state index in [1.807, 2.05) is 0 Å². The first kappa shape index (κ1) is 36.8. The standard InChI is InChI=1S/C6H12.C2H5.2CH3.2Y/c1-4-6(3)5-2;1-2;;;;/h4-6H,1-3H3;1H2,2H3;2*1H3;;/q-2;3*-1;;+3. The second-order valence-electron chi connectivity index (χ2n) is 1.53. The SMILES string of the molecule is C[CH-]C(C)[CH-]C.[CH2-]C.[CH3-].[CH3-].[Y+3].[Y]. The quantitative estimate of drug-likeness (QED) is 0.679. The summed E-state index contributed by atoms with van der Waals surface area (Å²) < 4.78 is 0. The van der Waals surface area contributed by atoms with Gasteiger partial charge >= 0.3 is 32.7 Å². The molecule has 0 fully saturated rings. The van der Waals surface area contributed by atoms with Crippen LogP contribution in [-0.2, 0) is 65.4 Å². The number of hydrogen-bond acceptors (Lipinski definition) is 0. The Morgan fingerprint density at radius 1 is 1.00 bits per heavy atom. The van der Waals surface area contributed by atoms with Gasteiger partial charge < -0.3 is 40.5 Å². The van der Waals surface area contributed by atoms with Crippen LogP contribution in [0, 0.1) is 40.5 Å². The van der Waals surface area contributed by atoms with Crippen LogP contribution in [0.25, 0.3) is 0 Å². The van der Waals surface area contributed by atoms with E-state index in [0.29, 0.717) is 5.92 Å². The first-order chi connectivity index (χ1) is 3.81. The fourth-order valence-corrected chi connectivity index (χ4v) is 0.192. The summed E-state index contributed by atoms with van der Waals surface area (Å²) in [6, 6.07) is 0. The maximum Gasteiger partial charge on any atom is 3.00 e. The van der Waals surface area contributed by atoms with Crippen LogP contribution in [0.5, 0.6) is 0 Å². The summed E-state index contributed by atoms with van der Waals surface area (Å²) in [5, 5.41) is 0. The zero-order valence-electron chi connectivity index (χ0n) is 9.59. The Bertz CT molecular complexity index is 27.0. The van der Waals surface area contributed by atoms with Gasteiger partial charge in [-0.05, 0) is 0 Å². The van der Waals surface area contributed by atoms with Gasteiger partial charge in [-0.3, -0.25) is 0 Å². The normalized spacial score (nSPS) is 5.50. The van der Waals surface area contributed by atoms with Gasteiger partial charge in [-0.1, -0.05) is 0 Å². The molecule has 0 aromatic heterocycles. The second-order valence-corrected chi connectivity index (χ2v) is 1.53. The molecule has 0 aliphatic heterocycles. The predicted molar refractivity (Wildman–Crippen MR) is 53.0 cm³/mol. The Balaban J connectivity index is -0.0000000140. The summed E-state index contributed by atoms with van der Waals surface area (Å²) in [7, 11) is 0. The molecule has 0 amide bonds. The predicted octanol–water partition coefficient (Wildman–Crippen LogP) is 3.81. The van der Waals surface area contributed by atoms with E-state index < -0.39 is 0 Å². The van der Waals surface area contributed by atoms with Crippen molar-refractivity contribution in [2.75, 3.05) is 0 Å². The van der Waals surface area contributed by atoms with Crippen molar-refractivity contribution < 1.29 is 65.4 Å². The van der Waals surface area contributed by atoms with Gasteiger partial charge in [0.25, 0.3) is 0 Å². The van der Waals surface area contributed by atoms with E-state index in [1.54, 1.807) is 6.92 Å². The molecule has 0 unspecified atom stereocenters.